The molecule has 27 heavy (non-hydrogen) atoms. The van der Waals surface area contributed by atoms with Crippen molar-refractivity contribution >= 4 is 23.2 Å². The highest BCUT2D eigenvalue weighted by molar-refractivity contribution is 6.30. The molecule has 2 aromatic carbocycles. The van der Waals surface area contributed by atoms with Crippen LogP contribution >= 0.6 is 11.6 Å². The van der Waals surface area contributed by atoms with Crippen molar-refractivity contribution in [1.29, 1.82) is 0 Å². The third kappa shape index (κ3) is 4.93. The van der Waals surface area contributed by atoms with E-state index in [1.165, 1.54) is 0 Å². The van der Waals surface area contributed by atoms with Crippen molar-refractivity contribution in [2.75, 3.05) is 18.9 Å². The Labute approximate surface area is 163 Å². The van der Waals surface area contributed by atoms with Crippen LogP contribution in [0.1, 0.15) is 24.4 Å². The van der Waals surface area contributed by atoms with Gasteiger partial charge in [-0.05, 0) is 57.3 Å². The van der Waals surface area contributed by atoms with Gasteiger partial charge in [-0.1, -0.05) is 29.3 Å². The van der Waals surface area contributed by atoms with Crippen LogP contribution in [-0.4, -0.2) is 34.6 Å². The fraction of sp³-hybridized carbons (Fsp3) is 0.250. The molecule has 0 aliphatic rings. The SMILES string of the molecule is Cc1cccc(-c2nnc([C@H](C)N(C)CC(=O)Nc3ccc(Cl)cc3)o2)c1. The van der Waals surface area contributed by atoms with Crippen LogP contribution in [0.2, 0.25) is 5.02 Å². The number of hydrogen-bond donors (Lipinski definition) is 1. The molecule has 1 N–H and O–H groups in total. The number of likely N-dealkylation sites (N-methyl/N-ethyl adjacent to an activating group) is 1. The zero-order valence-electron chi connectivity index (χ0n) is 15.4. The molecule has 0 aliphatic heterocycles. The van der Waals surface area contributed by atoms with Crippen LogP contribution in [0.15, 0.2) is 52.9 Å². The number of rotatable bonds is 6. The highest BCUT2D eigenvalue weighted by Gasteiger charge is 2.21. The van der Waals surface area contributed by atoms with Crippen molar-refractivity contribution in [3.63, 3.8) is 0 Å². The number of nitrogens with one attached hydrogen (secondary N) is 1. The highest BCUT2D eigenvalue weighted by atomic mass is 35.5. The third-order valence-corrected chi connectivity index (χ3v) is 4.50. The van der Waals surface area contributed by atoms with Gasteiger partial charge in [-0.15, -0.1) is 10.2 Å². The molecule has 6 nitrogen and oxygen atoms in total. The van der Waals surface area contributed by atoms with Crippen LogP contribution in [0.3, 0.4) is 0 Å². The highest BCUT2D eigenvalue weighted by Crippen LogP contribution is 2.23. The van der Waals surface area contributed by atoms with Crippen molar-refractivity contribution in [3.05, 3.63) is 65.0 Å². The van der Waals surface area contributed by atoms with Gasteiger partial charge in [0.15, 0.2) is 0 Å². The molecule has 3 rings (SSSR count). The number of amides is 1. The van der Waals surface area contributed by atoms with E-state index in [1.807, 2.05) is 50.1 Å². The Balaban J connectivity index is 1.62. The number of benzene rings is 2. The average Bonchev–Trinajstić information content (AvgIpc) is 3.13. The quantitative estimate of drug-likeness (QED) is 0.684. The Bertz CT molecular complexity index is 924. The van der Waals surface area contributed by atoms with Gasteiger partial charge in [0.2, 0.25) is 17.7 Å². The number of nitrogens with zero attached hydrogens (tertiary/aromatic N) is 3. The summed E-state index contributed by atoms with van der Waals surface area (Å²) in [6, 6.07) is 14.7. The lowest BCUT2D eigenvalue weighted by Crippen LogP contribution is -2.32. The molecule has 1 heterocycles. The van der Waals surface area contributed by atoms with Gasteiger partial charge >= 0.3 is 0 Å². The molecule has 0 saturated heterocycles. The number of halogens is 1. The van der Waals surface area contributed by atoms with Crippen LogP contribution in [0, 0.1) is 6.92 Å². The number of aryl methyl sites for hydroxylation is 1. The molecule has 1 atom stereocenters. The summed E-state index contributed by atoms with van der Waals surface area (Å²) in [5.41, 5.74) is 2.70. The van der Waals surface area contributed by atoms with E-state index in [0.29, 0.717) is 22.5 Å². The lowest BCUT2D eigenvalue weighted by molar-refractivity contribution is -0.117. The van der Waals surface area contributed by atoms with E-state index in [0.717, 1.165) is 11.1 Å². The van der Waals surface area contributed by atoms with Gasteiger partial charge in [-0.25, -0.2) is 0 Å². The largest absolute Gasteiger partial charge is 0.419 e. The minimum absolute atomic E-state index is 0.134. The fourth-order valence-corrected chi connectivity index (χ4v) is 2.71. The first-order chi connectivity index (χ1) is 12.9. The van der Waals surface area contributed by atoms with Crippen LogP contribution in [0.25, 0.3) is 11.5 Å². The van der Waals surface area contributed by atoms with Crippen molar-refractivity contribution in [3.8, 4) is 11.5 Å². The second-order valence-electron chi connectivity index (χ2n) is 6.46. The first-order valence-corrected chi connectivity index (χ1v) is 8.96. The van der Waals surface area contributed by atoms with Gasteiger partial charge in [0.25, 0.3) is 0 Å². The summed E-state index contributed by atoms with van der Waals surface area (Å²) < 4.78 is 5.81. The monoisotopic (exact) mass is 384 g/mol. The van der Waals surface area contributed by atoms with E-state index >= 15 is 0 Å². The van der Waals surface area contributed by atoms with E-state index in [9.17, 15) is 4.79 Å². The first-order valence-electron chi connectivity index (χ1n) is 8.58. The summed E-state index contributed by atoms with van der Waals surface area (Å²) in [7, 11) is 1.84. The number of carbonyl (C=O) groups is 1. The van der Waals surface area contributed by atoms with Gasteiger partial charge in [-0.3, -0.25) is 9.69 Å². The summed E-state index contributed by atoms with van der Waals surface area (Å²) in [6.07, 6.45) is 0. The van der Waals surface area contributed by atoms with E-state index < -0.39 is 0 Å². The number of anilines is 1. The molecule has 0 fully saturated rings. The van der Waals surface area contributed by atoms with Crippen LogP contribution in [0.4, 0.5) is 5.69 Å². The maximum atomic E-state index is 12.3. The second kappa shape index (κ2) is 8.33. The average molecular weight is 385 g/mol. The standard InChI is InChI=1S/C20H21ClN4O2/c1-13-5-4-6-15(11-13)20-24-23-19(27-20)14(2)25(3)12-18(26)22-17-9-7-16(21)8-10-17/h4-11,14H,12H2,1-3H3,(H,22,26)/t14-/m0/s1. The van der Waals surface area contributed by atoms with Gasteiger partial charge in [-0.2, -0.15) is 0 Å². The lowest BCUT2D eigenvalue weighted by Gasteiger charge is -2.21. The maximum Gasteiger partial charge on any atom is 0.247 e. The summed E-state index contributed by atoms with van der Waals surface area (Å²) >= 11 is 5.85. The second-order valence-corrected chi connectivity index (χ2v) is 6.90. The van der Waals surface area contributed by atoms with Crippen LogP contribution < -0.4 is 5.32 Å². The topological polar surface area (TPSA) is 71.3 Å². The zero-order valence-corrected chi connectivity index (χ0v) is 16.2. The molecule has 0 bridgehead atoms. The smallest absolute Gasteiger partial charge is 0.247 e. The summed E-state index contributed by atoms with van der Waals surface area (Å²) in [4.78, 5) is 14.1. The van der Waals surface area contributed by atoms with Crippen molar-refractivity contribution in [2.45, 2.75) is 19.9 Å². The van der Waals surface area contributed by atoms with E-state index in [2.05, 4.69) is 15.5 Å². The van der Waals surface area contributed by atoms with Crippen molar-refractivity contribution in [2.24, 2.45) is 0 Å². The number of carbonyl (C=O) groups excluding carboxylic acids is 1. The van der Waals surface area contributed by atoms with Gasteiger partial charge in [0, 0.05) is 16.3 Å². The Morgan fingerprint density at radius 1 is 1.22 bits per heavy atom. The number of hydrogen-bond acceptors (Lipinski definition) is 5. The van der Waals surface area contributed by atoms with Gasteiger partial charge < -0.3 is 9.73 Å². The molecule has 0 radical (unpaired) electrons. The van der Waals surface area contributed by atoms with Crippen molar-refractivity contribution < 1.29 is 9.21 Å². The molecule has 0 aliphatic carbocycles. The van der Waals surface area contributed by atoms with E-state index in [1.54, 1.807) is 24.3 Å². The number of aromatic nitrogens is 2. The molecule has 1 aromatic heterocycles. The zero-order chi connectivity index (χ0) is 19.4. The Morgan fingerprint density at radius 3 is 2.67 bits per heavy atom. The van der Waals surface area contributed by atoms with E-state index in [-0.39, 0.29) is 18.5 Å². The molecule has 1 amide bonds. The summed E-state index contributed by atoms with van der Waals surface area (Å²) in [5, 5.41) is 11.7. The summed E-state index contributed by atoms with van der Waals surface area (Å²) in [6.45, 7) is 4.12. The molecule has 140 valence electrons. The molecule has 3 aromatic rings. The molecule has 0 saturated carbocycles. The lowest BCUT2D eigenvalue weighted by atomic mass is 10.1. The Morgan fingerprint density at radius 2 is 1.96 bits per heavy atom. The minimum Gasteiger partial charge on any atom is -0.419 e. The first kappa shape index (κ1) is 19.1. The van der Waals surface area contributed by atoms with Crippen LogP contribution in [-0.2, 0) is 4.79 Å². The Hall–Kier alpha value is -2.70. The van der Waals surface area contributed by atoms with Crippen molar-refractivity contribution in [1.82, 2.24) is 15.1 Å². The van der Waals surface area contributed by atoms with Gasteiger partial charge in [0.1, 0.15) is 0 Å². The normalized spacial score (nSPS) is 12.2. The minimum atomic E-state index is -0.202. The third-order valence-electron chi connectivity index (χ3n) is 4.25. The van der Waals surface area contributed by atoms with Gasteiger partial charge in [0.05, 0.1) is 12.6 Å². The Kier molecular flexibility index (Phi) is 5.88. The predicted octanol–water partition coefficient (Wildman–Crippen LogP) is 4.33. The van der Waals surface area contributed by atoms with E-state index in [4.69, 9.17) is 16.0 Å². The molecule has 0 unspecified atom stereocenters. The van der Waals surface area contributed by atoms with Crippen LogP contribution in [0.5, 0.6) is 0 Å². The molecular weight excluding hydrogens is 364 g/mol. The summed E-state index contributed by atoms with van der Waals surface area (Å²) in [5.74, 6) is 0.804. The molecule has 7 heteroatoms. The molecular formula is C20H21ClN4O2. The molecule has 0 spiro atoms. The maximum absolute atomic E-state index is 12.3. The fourth-order valence-electron chi connectivity index (χ4n) is 2.58. The predicted molar refractivity (Wildman–Crippen MR) is 106 cm³/mol.